The van der Waals surface area contributed by atoms with E-state index in [1.807, 2.05) is 32.0 Å². The normalized spacial score (nSPS) is 12.0. The fourth-order valence-electron chi connectivity index (χ4n) is 1.87. The molecule has 0 bridgehead atoms. The van der Waals surface area contributed by atoms with Gasteiger partial charge in [0.2, 0.25) is 0 Å². The maximum absolute atomic E-state index is 12.3. The van der Waals surface area contributed by atoms with Crippen molar-refractivity contribution in [3.05, 3.63) is 34.9 Å². The molecule has 4 heteroatoms. The molecule has 0 aliphatic carbocycles. The molecule has 0 aromatic heterocycles. The van der Waals surface area contributed by atoms with Gasteiger partial charge in [-0.25, -0.2) is 0 Å². The van der Waals surface area contributed by atoms with Crippen LogP contribution in [0.15, 0.2) is 18.2 Å². The van der Waals surface area contributed by atoms with Crippen molar-refractivity contribution in [2.24, 2.45) is 0 Å². The highest BCUT2D eigenvalue weighted by Crippen LogP contribution is 2.13. The van der Waals surface area contributed by atoms with Crippen LogP contribution < -0.4 is 5.32 Å². The van der Waals surface area contributed by atoms with E-state index >= 15 is 0 Å². The van der Waals surface area contributed by atoms with Crippen LogP contribution in [0.4, 0.5) is 0 Å². The van der Waals surface area contributed by atoms with Crippen LogP contribution in [0.3, 0.4) is 0 Å². The summed E-state index contributed by atoms with van der Waals surface area (Å²) in [7, 11) is 3.07. The van der Waals surface area contributed by atoms with E-state index in [-0.39, 0.29) is 24.2 Å². The van der Waals surface area contributed by atoms with Gasteiger partial charge >= 0.3 is 5.97 Å². The zero-order chi connectivity index (χ0) is 14.4. The largest absolute Gasteiger partial charge is 0.469 e. The number of hydrogen-bond acceptors (Lipinski definition) is 4. The summed E-state index contributed by atoms with van der Waals surface area (Å²) >= 11 is 0. The molecule has 1 aromatic carbocycles. The zero-order valence-corrected chi connectivity index (χ0v) is 11.9. The maximum Gasteiger partial charge on any atom is 0.305 e. The summed E-state index contributed by atoms with van der Waals surface area (Å²) in [5.74, 6) is -0.289. The molecule has 1 atom stereocenters. The van der Waals surface area contributed by atoms with Gasteiger partial charge in [0.25, 0.3) is 0 Å². The van der Waals surface area contributed by atoms with E-state index in [1.165, 1.54) is 7.11 Å². The summed E-state index contributed by atoms with van der Waals surface area (Å²) in [4.78, 5) is 23.5. The third-order valence-corrected chi connectivity index (χ3v) is 3.32. The number of likely N-dealkylation sites (N-methyl/N-ethyl adjacent to an activating group) is 1. The van der Waals surface area contributed by atoms with Crippen LogP contribution in [0.5, 0.6) is 0 Å². The van der Waals surface area contributed by atoms with Crippen molar-refractivity contribution in [2.45, 2.75) is 32.7 Å². The van der Waals surface area contributed by atoms with Crippen molar-refractivity contribution < 1.29 is 14.3 Å². The summed E-state index contributed by atoms with van der Waals surface area (Å²) in [6.07, 6.45) is 0.674. The highest BCUT2D eigenvalue weighted by Gasteiger charge is 2.19. The van der Waals surface area contributed by atoms with Crippen LogP contribution in [0.25, 0.3) is 0 Å². The molecule has 0 radical (unpaired) electrons. The van der Waals surface area contributed by atoms with Crippen LogP contribution >= 0.6 is 0 Å². The lowest BCUT2D eigenvalue weighted by Crippen LogP contribution is -2.34. The van der Waals surface area contributed by atoms with E-state index in [4.69, 9.17) is 0 Å². The number of hydrogen-bond donors (Lipinski definition) is 1. The quantitative estimate of drug-likeness (QED) is 0.630. The van der Waals surface area contributed by atoms with Crippen molar-refractivity contribution in [3.63, 3.8) is 0 Å². The molecule has 1 aromatic rings. The molecule has 1 N–H and O–H groups in total. The van der Waals surface area contributed by atoms with Gasteiger partial charge < -0.3 is 10.1 Å². The molecule has 0 saturated carbocycles. The van der Waals surface area contributed by atoms with E-state index in [0.717, 1.165) is 11.1 Å². The Balaban J connectivity index is 2.77. The number of carbonyl (C=O) groups excluding carboxylic acids is 2. The summed E-state index contributed by atoms with van der Waals surface area (Å²) in [5, 5.41) is 2.96. The monoisotopic (exact) mass is 263 g/mol. The lowest BCUT2D eigenvalue weighted by Gasteiger charge is -2.15. The highest BCUT2D eigenvalue weighted by atomic mass is 16.5. The third-order valence-electron chi connectivity index (χ3n) is 3.32. The molecular formula is C15H21NO3. The van der Waals surface area contributed by atoms with Gasteiger partial charge in [-0.05, 0) is 44.5 Å². The molecule has 104 valence electrons. The van der Waals surface area contributed by atoms with Crippen molar-refractivity contribution in [1.29, 1.82) is 0 Å². The number of benzene rings is 1. The average Bonchev–Trinajstić information content (AvgIpc) is 2.41. The van der Waals surface area contributed by atoms with Crippen LogP contribution in [0, 0.1) is 13.8 Å². The Bertz CT molecular complexity index is 468. The first-order valence-corrected chi connectivity index (χ1v) is 6.35. The average molecular weight is 263 g/mol. The van der Waals surface area contributed by atoms with Gasteiger partial charge in [-0.2, -0.15) is 0 Å². The molecule has 4 nitrogen and oxygen atoms in total. The first-order valence-electron chi connectivity index (χ1n) is 6.35. The lowest BCUT2D eigenvalue weighted by atomic mass is 9.97. The van der Waals surface area contributed by atoms with Crippen molar-refractivity contribution >= 4 is 11.8 Å². The predicted molar refractivity (Wildman–Crippen MR) is 74.3 cm³/mol. The summed E-state index contributed by atoms with van der Waals surface area (Å²) in [5.41, 5.74) is 2.92. The van der Waals surface area contributed by atoms with Crippen molar-refractivity contribution in [2.75, 3.05) is 14.2 Å². The van der Waals surface area contributed by atoms with Gasteiger partial charge in [-0.15, -0.1) is 0 Å². The van der Waals surface area contributed by atoms with Gasteiger partial charge in [-0.3, -0.25) is 9.59 Å². The van der Waals surface area contributed by atoms with Gasteiger partial charge in [0.15, 0.2) is 5.78 Å². The zero-order valence-electron chi connectivity index (χ0n) is 11.9. The molecule has 0 spiro atoms. The Kier molecular flexibility index (Phi) is 5.70. The standard InChI is InChI=1S/C15H21NO3/c1-10-5-6-12(9-11(10)2)15(18)13(16-3)7-8-14(17)19-4/h5-6,9,13,16H,7-8H2,1-4H3. The third kappa shape index (κ3) is 4.17. The molecule has 1 rings (SSSR count). The predicted octanol–water partition coefficient (Wildman–Crippen LogP) is 2.03. The van der Waals surface area contributed by atoms with Crippen molar-refractivity contribution in [1.82, 2.24) is 5.32 Å². The minimum absolute atomic E-state index is 0.00880. The minimum atomic E-state index is -0.360. The molecule has 0 aliphatic rings. The lowest BCUT2D eigenvalue weighted by molar-refractivity contribution is -0.140. The maximum atomic E-state index is 12.3. The number of nitrogens with one attached hydrogen (secondary N) is 1. The number of carbonyl (C=O) groups is 2. The van der Waals surface area contributed by atoms with Crippen LogP contribution in [-0.2, 0) is 9.53 Å². The molecule has 1 unspecified atom stereocenters. The molecule has 0 fully saturated rings. The number of rotatable bonds is 6. The molecule has 0 heterocycles. The smallest absolute Gasteiger partial charge is 0.305 e. The van der Waals surface area contributed by atoms with Gasteiger partial charge in [-0.1, -0.05) is 12.1 Å². The van der Waals surface area contributed by atoms with Crippen LogP contribution in [0.1, 0.15) is 34.3 Å². The summed E-state index contributed by atoms with van der Waals surface area (Å²) < 4.78 is 4.59. The van der Waals surface area contributed by atoms with Crippen LogP contribution in [0.2, 0.25) is 0 Å². The number of esters is 1. The van der Waals surface area contributed by atoms with Crippen LogP contribution in [-0.4, -0.2) is 32.0 Å². The second-order valence-electron chi connectivity index (χ2n) is 4.62. The Labute approximate surface area is 114 Å². The topological polar surface area (TPSA) is 55.4 Å². The van der Waals surface area contributed by atoms with Gasteiger partial charge in [0.05, 0.1) is 13.2 Å². The van der Waals surface area contributed by atoms with E-state index < -0.39 is 0 Å². The molecular weight excluding hydrogens is 242 g/mol. The summed E-state index contributed by atoms with van der Waals surface area (Å²) in [6.45, 7) is 3.99. The first-order chi connectivity index (χ1) is 8.99. The fraction of sp³-hybridized carbons (Fsp3) is 0.467. The van der Waals surface area contributed by atoms with E-state index in [9.17, 15) is 9.59 Å². The Morgan fingerprint density at radius 3 is 2.47 bits per heavy atom. The van der Waals surface area contributed by atoms with E-state index in [0.29, 0.717) is 12.0 Å². The first kappa shape index (κ1) is 15.4. The molecule has 0 aliphatic heterocycles. The molecule has 0 saturated heterocycles. The second-order valence-corrected chi connectivity index (χ2v) is 4.62. The number of aryl methyl sites for hydroxylation is 2. The highest BCUT2D eigenvalue weighted by molar-refractivity contribution is 6.00. The number of methoxy groups -OCH3 is 1. The van der Waals surface area contributed by atoms with Gasteiger partial charge in [0, 0.05) is 12.0 Å². The molecule has 0 amide bonds. The minimum Gasteiger partial charge on any atom is -0.469 e. The Morgan fingerprint density at radius 1 is 1.26 bits per heavy atom. The number of ether oxygens (including phenoxy) is 1. The fourth-order valence-corrected chi connectivity index (χ4v) is 1.87. The number of Topliss-reactive ketones (excluding diaryl/α,β-unsaturated/α-hetero) is 1. The van der Waals surface area contributed by atoms with E-state index in [2.05, 4.69) is 10.1 Å². The van der Waals surface area contributed by atoms with Crippen molar-refractivity contribution in [3.8, 4) is 0 Å². The Morgan fingerprint density at radius 2 is 1.95 bits per heavy atom. The molecule has 19 heavy (non-hydrogen) atoms. The number of ketones is 1. The SMILES string of the molecule is CNC(CCC(=O)OC)C(=O)c1ccc(C)c(C)c1. The Hall–Kier alpha value is -1.68. The van der Waals surface area contributed by atoms with Gasteiger partial charge in [0.1, 0.15) is 0 Å². The second kappa shape index (κ2) is 7.04. The van der Waals surface area contributed by atoms with E-state index in [1.54, 1.807) is 7.05 Å². The summed E-state index contributed by atoms with van der Waals surface area (Å²) in [6, 6.07) is 5.30.